The molecule has 0 aromatic heterocycles. The average Bonchev–Trinajstić information content (AvgIpc) is 2.32. The molecular formula is C12H17ClN2O2. The van der Waals surface area contributed by atoms with Crippen LogP contribution in [0.1, 0.15) is 18.6 Å². The fraction of sp³-hybridized carbons (Fsp3) is 0.417. The highest BCUT2D eigenvalue weighted by molar-refractivity contribution is 6.30. The van der Waals surface area contributed by atoms with E-state index in [4.69, 9.17) is 22.1 Å². The van der Waals surface area contributed by atoms with E-state index < -0.39 is 0 Å². The third kappa shape index (κ3) is 4.00. The second-order valence-corrected chi connectivity index (χ2v) is 4.20. The lowest BCUT2D eigenvalue weighted by molar-refractivity contribution is -0.121. The minimum absolute atomic E-state index is 0.0264. The molecule has 0 aliphatic carbocycles. The molecule has 0 radical (unpaired) electrons. The Morgan fingerprint density at radius 2 is 2.06 bits per heavy atom. The molecular weight excluding hydrogens is 240 g/mol. The number of carbonyl (C=O) groups excluding carboxylic acids is 1. The third-order valence-electron chi connectivity index (χ3n) is 2.48. The highest BCUT2D eigenvalue weighted by Crippen LogP contribution is 2.22. The van der Waals surface area contributed by atoms with Gasteiger partial charge in [-0.25, -0.2) is 0 Å². The predicted molar refractivity (Wildman–Crippen MR) is 67.9 cm³/mol. The van der Waals surface area contributed by atoms with Crippen LogP contribution in [0.2, 0.25) is 5.02 Å². The van der Waals surface area contributed by atoms with E-state index >= 15 is 0 Å². The van der Waals surface area contributed by atoms with Crippen molar-refractivity contribution < 1.29 is 9.53 Å². The van der Waals surface area contributed by atoms with Gasteiger partial charge in [0.15, 0.2) is 0 Å². The average molecular weight is 257 g/mol. The van der Waals surface area contributed by atoms with Gasteiger partial charge in [-0.2, -0.15) is 0 Å². The fourth-order valence-electron chi connectivity index (χ4n) is 1.67. The summed E-state index contributed by atoms with van der Waals surface area (Å²) < 4.78 is 5.38. The lowest BCUT2D eigenvalue weighted by Gasteiger charge is -2.24. The van der Waals surface area contributed by atoms with E-state index in [2.05, 4.69) is 5.32 Å². The second kappa shape index (κ2) is 6.59. The first-order valence-electron chi connectivity index (χ1n) is 5.36. The summed E-state index contributed by atoms with van der Waals surface area (Å²) >= 11 is 5.82. The van der Waals surface area contributed by atoms with Crippen LogP contribution in [-0.4, -0.2) is 25.6 Å². The lowest BCUT2D eigenvalue weighted by atomic mass is 10.0. The fourth-order valence-corrected chi connectivity index (χ4v) is 1.80. The van der Waals surface area contributed by atoms with Crippen molar-refractivity contribution in [2.24, 2.45) is 5.73 Å². The molecule has 4 nitrogen and oxygen atoms in total. The van der Waals surface area contributed by atoms with Gasteiger partial charge < -0.3 is 15.8 Å². The molecule has 0 saturated heterocycles. The van der Waals surface area contributed by atoms with Crippen LogP contribution in [0.5, 0.6) is 0 Å². The smallest absolute Gasteiger partial charge is 0.234 e. The standard InChI is InChI=1S/C12H17ClN2O2/c1-8(15-11(16)7-14)12(17-2)9-3-5-10(13)6-4-9/h3-6,8,12H,7,14H2,1-2H3,(H,15,16). The maximum atomic E-state index is 11.2. The minimum atomic E-state index is -0.220. The van der Waals surface area contributed by atoms with Crippen LogP contribution in [0, 0.1) is 0 Å². The number of hydrogen-bond acceptors (Lipinski definition) is 3. The van der Waals surface area contributed by atoms with E-state index in [9.17, 15) is 4.79 Å². The summed E-state index contributed by atoms with van der Waals surface area (Å²) in [6, 6.07) is 7.18. The molecule has 2 atom stereocenters. The molecule has 0 heterocycles. The van der Waals surface area contributed by atoms with Crippen molar-refractivity contribution >= 4 is 17.5 Å². The number of rotatable bonds is 5. The van der Waals surface area contributed by atoms with Crippen molar-refractivity contribution in [1.29, 1.82) is 0 Å². The van der Waals surface area contributed by atoms with Gasteiger partial charge in [-0.3, -0.25) is 4.79 Å². The molecule has 5 heteroatoms. The van der Waals surface area contributed by atoms with Crippen molar-refractivity contribution in [1.82, 2.24) is 5.32 Å². The number of halogens is 1. The summed E-state index contributed by atoms with van der Waals surface area (Å²) in [5, 5.41) is 3.44. The van der Waals surface area contributed by atoms with Gasteiger partial charge in [-0.15, -0.1) is 0 Å². The summed E-state index contributed by atoms with van der Waals surface area (Å²) in [4.78, 5) is 11.2. The van der Waals surface area contributed by atoms with Crippen molar-refractivity contribution in [3.05, 3.63) is 34.9 Å². The largest absolute Gasteiger partial charge is 0.375 e. The first kappa shape index (κ1) is 14.0. The molecule has 1 amide bonds. The summed E-state index contributed by atoms with van der Waals surface area (Å²) in [7, 11) is 1.60. The highest BCUT2D eigenvalue weighted by Gasteiger charge is 2.19. The molecule has 3 N–H and O–H groups in total. The van der Waals surface area contributed by atoms with E-state index in [0.717, 1.165) is 5.56 Å². The Morgan fingerprint density at radius 1 is 1.47 bits per heavy atom. The molecule has 2 unspecified atom stereocenters. The second-order valence-electron chi connectivity index (χ2n) is 3.77. The summed E-state index contributed by atoms with van der Waals surface area (Å²) in [5.74, 6) is -0.200. The maximum Gasteiger partial charge on any atom is 0.234 e. The molecule has 0 saturated carbocycles. The Morgan fingerprint density at radius 3 is 2.53 bits per heavy atom. The van der Waals surface area contributed by atoms with Gasteiger partial charge in [-0.05, 0) is 24.6 Å². The third-order valence-corrected chi connectivity index (χ3v) is 2.73. The number of amides is 1. The van der Waals surface area contributed by atoms with Gasteiger partial charge >= 0.3 is 0 Å². The first-order chi connectivity index (χ1) is 8.08. The number of methoxy groups -OCH3 is 1. The topological polar surface area (TPSA) is 64.3 Å². The van der Waals surface area contributed by atoms with Crippen LogP contribution in [0.3, 0.4) is 0 Å². The van der Waals surface area contributed by atoms with Gasteiger partial charge in [-0.1, -0.05) is 23.7 Å². The summed E-state index contributed by atoms with van der Waals surface area (Å²) in [5.41, 5.74) is 6.21. The molecule has 0 aliphatic rings. The van der Waals surface area contributed by atoms with Gasteiger partial charge in [0.1, 0.15) is 6.10 Å². The van der Waals surface area contributed by atoms with Crippen molar-refractivity contribution in [2.75, 3.05) is 13.7 Å². The summed E-state index contributed by atoms with van der Waals surface area (Å²) in [6.45, 7) is 1.84. The van der Waals surface area contributed by atoms with Gasteiger partial charge in [0.25, 0.3) is 0 Å². The molecule has 0 bridgehead atoms. The van der Waals surface area contributed by atoms with Gasteiger partial charge in [0.05, 0.1) is 12.6 Å². The maximum absolute atomic E-state index is 11.2. The quantitative estimate of drug-likeness (QED) is 0.839. The SMILES string of the molecule is COC(c1ccc(Cl)cc1)C(C)NC(=O)CN. The zero-order valence-electron chi connectivity index (χ0n) is 9.94. The van der Waals surface area contributed by atoms with Crippen LogP contribution in [0.15, 0.2) is 24.3 Å². The van der Waals surface area contributed by atoms with Crippen LogP contribution in [0.25, 0.3) is 0 Å². The number of nitrogens with two attached hydrogens (primary N) is 1. The monoisotopic (exact) mass is 256 g/mol. The zero-order chi connectivity index (χ0) is 12.8. The number of hydrogen-bond donors (Lipinski definition) is 2. The Balaban J connectivity index is 2.76. The molecule has 0 spiro atoms. The Labute approximate surface area is 106 Å². The van der Waals surface area contributed by atoms with Crippen molar-refractivity contribution in [3.63, 3.8) is 0 Å². The Kier molecular flexibility index (Phi) is 5.41. The predicted octanol–water partition coefficient (Wildman–Crippen LogP) is 1.49. The molecule has 1 aromatic carbocycles. The molecule has 94 valence electrons. The highest BCUT2D eigenvalue weighted by atomic mass is 35.5. The van der Waals surface area contributed by atoms with Gasteiger partial charge in [0.2, 0.25) is 5.91 Å². The first-order valence-corrected chi connectivity index (χ1v) is 5.74. The van der Waals surface area contributed by atoms with Crippen molar-refractivity contribution in [2.45, 2.75) is 19.1 Å². The minimum Gasteiger partial charge on any atom is -0.375 e. The zero-order valence-corrected chi connectivity index (χ0v) is 10.7. The molecule has 0 fully saturated rings. The summed E-state index contributed by atoms with van der Waals surface area (Å²) in [6.07, 6.45) is -0.220. The van der Waals surface area contributed by atoms with Gasteiger partial charge in [0, 0.05) is 12.1 Å². The van der Waals surface area contributed by atoms with E-state index in [1.807, 2.05) is 19.1 Å². The van der Waals surface area contributed by atoms with E-state index in [1.165, 1.54) is 0 Å². The van der Waals surface area contributed by atoms with Crippen LogP contribution in [-0.2, 0) is 9.53 Å². The van der Waals surface area contributed by atoms with Crippen molar-refractivity contribution in [3.8, 4) is 0 Å². The normalized spacial score (nSPS) is 14.1. The number of nitrogens with one attached hydrogen (secondary N) is 1. The van der Waals surface area contributed by atoms with E-state index in [0.29, 0.717) is 5.02 Å². The van der Waals surface area contributed by atoms with Crippen LogP contribution >= 0.6 is 11.6 Å². The number of benzene rings is 1. The molecule has 17 heavy (non-hydrogen) atoms. The number of carbonyl (C=O) groups is 1. The van der Waals surface area contributed by atoms with Crippen LogP contribution < -0.4 is 11.1 Å². The number of ether oxygens (including phenoxy) is 1. The Hall–Kier alpha value is -1.10. The molecule has 1 aromatic rings. The lowest BCUT2D eigenvalue weighted by Crippen LogP contribution is -2.40. The Bertz CT molecular complexity index is 367. The van der Waals surface area contributed by atoms with E-state index in [1.54, 1.807) is 19.2 Å². The van der Waals surface area contributed by atoms with E-state index in [-0.39, 0.29) is 24.6 Å². The molecule has 1 rings (SSSR count). The molecule has 0 aliphatic heterocycles. The van der Waals surface area contributed by atoms with Crippen LogP contribution in [0.4, 0.5) is 0 Å².